The molecule has 0 saturated heterocycles. The molecule has 0 bridgehead atoms. The zero-order chi connectivity index (χ0) is 19.6. The van der Waals surface area contributed by atoms with Crippen LogP contribution in [0.4, 0.5) is 15.8 Å². The molecule has 27 heavy (non-hydrogen) atoms. The highest BCUT2D eigenvalue weighted by molar-refractivity contribution is 7.92. The number of aromatic nitrogens is 2. The van der Waals surface area contributed by atoms with Gasteiger partial charge in [-0.1, -0.05) is 0 Å². The number of carbonyl (C=O) groups excluding carboxylic acids is 1. The molecule has 1 aromatic heterocycles. The first kappa shape index (κ1) is 18.4. The summed E-state index contributed by atoms with van der Waals surface area (Å²) in [7, 11) is -2.86. The molecule has 0 radical (unpaired) electrons. The minimum atomic E-state index is -4.04. The highest BCUT2D eigenvalue weighted by atomic mass is 32.2. The summed E-state index contributed by atoms with van der Waals surface area (Å²) < 4.78 is 46.6. The summed E-state index contributed by atoms with van der Waals surface area (Å²) in [4.78, 5) is 11.7. The normalized spacial score (nSPS) is 11.2. The molecule has 2 aromatic carbocycles. The second-order valence-corrected chi connectivity index (χ2v) is 7.18. The van der Waals surface area contributed by atoms with Crippen molar-refractivity contribution in [2.24, 2.45) is 0 Å². The summed E-state index contributed by atoms with van der Waals surface area (Å²) in [6.07, 6.45) is 2.41. The third-order valence-electron chi connectivity index (χ3n) is 3.65. The van der Waals surface area contributed by atoms with Crippen LogP contribution in [0.2, 0.25) is 0 Å². The van der Waals surface area contributed by atoms with Crippen molar-refractivity contribution in [3.8, 4) is 5.69 Å². The van der Waals surface area contributed by atoms with Crippen molar-refractivity contribution in [3.63, 3.8) is 0 Å². The van der Waals surface area contributed by atoms with Gasteiger partial charge in [0.1, 0.15) is 10.7 Å². The van der Waals surface area contributed by atoms with Gasteiger partial charge in [0.25, 0.3) is 10.0 Å². The van der Waals surface area contributed by atoms with Crippen LogP contribution < -0.4 is 10.5 Å². The average Bonchev–Trinajstić information content (AvgIpc) is 3.14. The highest BCUT2D eigenvalue weighted by Gasteiger charge is 2.21. The van der Waals surface area contributed by atoms with Crippen molar-refractivity contribution in [1.29, 1.82) is 0 Å². The molecule has 0 atom stereocenters. The Balaban J connectivity index is 1.92. The quantitative estimate of drug-likeness (QED) is 0.509. The maximum atomic E-state index is 13.0. The zero-order valence-electron chi connectivity index (χ0n) is 14.1. The van der Waals surface area contributed by atoms with Gasteiger partial charge in [-0.25, -0.2) is 22.3 Å². The van der Waals surface area contributed by atoms with E-state index in [0.717, 1.165) is 6.20 Å². The van der Waals surface area contributed by atoms with Gasteiger partial charge in [0, 0.05) is 5.69 Å². The van der Waals surface area contributed by atoms with E-state index in [2.05, 4.69) is 14.6 Å². The molecule has 1 heterocycles. The SMILES string of the molecule is COC(=O)c1cc(N)ccc1NS(=O)(=O)c1cnn(-c2ccc(F)cc2)c1. The number of halogens is 1. The van der Waals surface area contributed by atoms with Crippen molar-refractivity contribution in [2.45, 2.75) is 4.90 Å². The van der Waals surface area contributed by atoms with Crippen LogP contribution in [0.1, 0.15) is 10.4 Å². The molecule has 3 aromatic rings. The van der Waals surface area contributed by atoms with E-state index in [1.54, 1.807) is 0 Å². The molecule has 3 rings (SSSR count). The summed E-state index contributed by atoms with van der Waals surface area (Å²) in [6.45, 7) is 0. The maximum absolute atomic E-state index is 13.0. The Morgan fingerprint density at radius 1 is 1.22 bits per heavy atom. The number of hydrogen-bond acceptors (Lipinski definition) is 6. The average molecular weight is 390 g/mol. The number of benzene rings is 2. The van der Waals surface area contributed by atoms with Gasteiger partial charge in [-0.15, -0.1) is 0 Å². The molecular formula is C17H15FN4O4S. The van der Waals surface area contributed by atoms with E-state index in [0.29, 0.717) is 5.69 Å². The minimum absolute atomic E-state index is 0.0191. The van der Waals surface area contributed by atoms with E-state index >= 15 is 0 Å². The number of rotatable bonds is 5. The third-order valence-corrected chi connectivity index (χ3v) is 4.97. The smallest absolute Gasteiger partial charge is 0.340 e. The number of carbonyl (C=O) groups is 1. The van der Waals surface area contributed by atoms with Crippen molar-refractivity contribution in [3.05, 3.63) is 66.2 Å². The first-order valence-corrected chi connectivity index (χ1v) is 9.10. The van der Waals surface area contributed by atoms with E-state index < -0.39 is 21.8 Å². The number of methoxy groups -OCH3 is 1. The molecule has 3 N–H and O–H groups in total. The number of hydrogen-bond donors (Lipinski definition) is 2. The van der Waals surface area contributed by atoms with Gasteiger partial charge >= 0.3 is 5.97 Å². The Hall–Kier alpha value is -3.40. The summed E-state index contributed by atoms with van der Waals surface area (Å²) >= 11 is 0. The van der Waals surface area contributed by atoms with Crippen LogP contribution >= 0.6 is 0 Å². The third kappa shape index (κ3) is 3.90. The highest BCUT2D eigenvalue weighted by Crippen LogP contribution is 2.23. The van der Waals surface area contributed by atoms with Gasteiger partial charge in [0.05, 0.1) is 36.4 Å². The first-order valence-electron chi connectivity index (χ1n) is 7.61. The molecule has 0 aliphatic rings. The molecule has 10 heteroatoms. The number of ether oxygens (including phenoxy) is 1. The van der Waals surface area contributed by atoms with Crippen molar-refractivity contribution >= 4 is 27.4 Å². The van der Waals surface area contributed by atoms with E-state index in [1.807, 2.05) is 0 Å². The van der Waals surface area contributed by atoms with E-state index in [1.165, 1.54) is 60.5 Å². The topological polar surface area (TPSA) is 116 Å². The van der Waals surface area contributed by atoms with Crippen LogP contribution in [-0.2, 0) is 14.8 Å². The fraction of sp³-hybridized carbons (Fsp3) is 0.0588. The number of nitrogen functional groups attached to an aromatic ring is 1. The largest absolute Gasteiger partial charge is 0.465 e. The van der Waals surface area contributed by atoms with E-state index in [4.69, 9.17) is 5.73 Å². The predicted octanol–water partition coefficient (Wildman–Crippen LogP) is 2.18. The van der Waals surface area contributed by atoms with Crippen LogP contribution in [0, 0.1) is 5.82 Å². The Morgan fingerprint density at radius 2 is 1.93 bits per heavy atom. The standard InChI is InChI=1S/C17H15FN4O4S/c1-26-17(23)15-8-12(19)4-7-16(15)21-27(24,25)14-9-20-22(10-14)13-5-2-11(18)3-6-13/h2-10,21H,19H2,1H3. The van der Waals surface area contributed by atoms with Gasteiger partial charge in [0.15, 0.2) is 0 Å². The van der Waals surface area contributed by atoms with Crippen LogP contribution in [0.5, 0.6) is 0 Å². The lowest BCUT2D eigenvalue weighted by molar-refractivity contribution is 0.0602. The molecule has 140 valence electrons. The molecule has 8 nitrogen and oxygen atoms in total. The number of nitrogens with zero attached hydrogens (tertiary/aromatic N) is 2. The van der Waals surface area contributed by atoms with Gasteiger partial charge in [-0.2, -0.15) is 5.10 Å². The molecular weight excluding hydrogens is 375 g/mol. The lowest BCUT2D eigenvalue weighted by Gasteiger charge is -2.11. The lowest BCUT2D eigenvalue weighted by Crippen LogP contribution is -2.16. The molecule has 0 fully saturated rings. The number of nitrogens with two attached hydrogens (primary N) is 1. The Bertz CT molecular complexity index is 1090. The Kier molecular flexibility index (Phi) is 4.82. The van der Waals surface area contributed by atoms with Crippen molar-refractivity contribution in [2.75, 3.05) is 17.6 Å². The number of anilines is 2. The molecule has 0 spiro atoms. The van der Waals surface area contributed by atoms with Gasteiger partial charge in [-0.05, 0) is 42.5 Å². The van der Waals surface area contributed by atoms with Gasteiger partial charge in [0.2, 0.25) is 0 Å². The molecule has 0 saturated carbocycles. The summed E-state index contributed by atoms with van der Waals surface area (Å²) in [6, 6.07) is 9.52. The van der Waals surface area contributed by atoms with Gasteiger partial charge in [-0.3, -0.25) is 4.72 Å². The summed E-state index contributed by atoms with van der Waals surface area (Å²) in [5.41, 5.74) is 6.41. The number of sulfonamides is 1. The fourth-order valence-corrected chi connectivity index (χ4v) is 3.32. The number of esters is 1. The van der Waals surface area contributed by atoms with E-state index in [9.17, 15) is 17.6 Å². The molecule has 0 aliphatic carbocycles. The Labute approximate surface area is 154 Å². The van der Waals surface area contributed by atoms with Crippen molar-refractivity contribution in [1.82, 2.24) is 9.78 Å². The molecule has 0 unspecified atom stereocenters. The van der Waals surface area contributed by atoms with Crippen LogP contribution in [-0.4, -0.2) is 31.3 Å². The number of nitrogens with one attached hydrogen (secondary N) is 1. The summed E-state index contributed by atoms with van der Waals surface area (Å²) in [5.74, 6) is -1.15. The fourth-order valence-electron chi connectivity index (χ4n) is 2.31. The van der Waals surface area contributed by atoms with Crippen molar-refractivity contribution < 1.29 is 22.3 Å². The van der Waals surface area contributed by atoms with Crippen LogP contribution in [0.25, 0.3) is 5.69 Å². The van der Waals surface area contributed by atoms with E-state index in [-0.39, 0.29) is 21.8 Å². The van der Waals surface area contributed by atoms with Crippen LogP contribution in [0.15, 0.2) is 59.8 Å². The van der Waals surface area contributed by atoms with Gasteiger partial charge < -0.3 is 10.5 Å². The maximum Gasteiger partial charge on any atom is 0.340 e. The first-order chi connectivity index (χ1) is 12.8. The summed E-state index contributed by atoms with van der Waals surface area (Å²) in [5, 5.41) is 3.98. The molecule has 0 aliphatic heterocycles. The monoisotopic (exact) mass is 390 g/mol. The Morgan fingerprint density at radius 3 is 2.59 bits per heavy atom. The minimum Gasteiger partial charge on any atom is -0.465 e. The molecule has 0 amide bonds. The zero-order valence-corrected chi connectivity index (χ0v) is 14.9. The van der Waals surface area contributed by atoms with Crippen LogP contribution in [0.3, 0.4) is 0 Å². The lowest BCUT2D eigenvalue weighted by atomic mass is 10.1. The second-order valence-electron chi connectivity index (χ2n) is 5.50. The predicted molar refractivity (Wildman–Crippen MR) is 96.5 cm³/mol. The second kappa shape index (κ2) is 7.08.